The molecular weight excluding hydrogens is 307 g/mol. The lowest BCUT2D eigenvalue weighted by Crippen LogP contribution is -2.30. The SMILES string of the molecule is CCN(C(=O)c1cn(C(C)=O)c2cc(F)ccc12)c1ccccc1. The van der Waals surface area contributed by atoms with Gasteiger partial charge in [-0.1, -0.05) is 18.2 Å². The molecule has 0 saturated carbocycles. The van der Waals surface area contributed by atoms with Crippen molar-refractivity contribution >= 4 is 28.4 Å². The largest absolute Gasteiger partial charge is 0.309 e. The van der Waals surface area contributed by atoms with Gasteiger partial charge in [0.15, 0.2) is 0 Å². The van der Waals surface area contributed by atoms with E-state index in [1.54, 1.807) is 4.90 Å². The lowest BCUT2D eigenvalue weighted by atomic mass is 10.1. The van der Waals surface area contributed by atoms with E-state index >= 15 is 0 Å². The summed E-state index contributed by atoms with van der Waals surface area (Å²) in [5.41, 5.74) is 1.55. The smallest absolute Gasteiger partial charge is 0.260 e. The third-order valence-corrected chi connectivity index (χ3v) is 3.97. The van der Waals surface area contributed by atoms with Gasteiger partial charge in [-0.15, -0.1) is 0 Å². The second kappa shape index (κ2) is 6.28. The van der Waals surface area contributed by atoms with Crippen LogP contribution < -0.4 is 4.90 Å². The van der Waals surface area contributed by atoms with Crippen LogP contribution in [0.5, 0.6) is 0 Å². The zero-order valence-corrected chi connectivity index (χ0v) is 13.5. The van der Waals surface area contributed by atoms with Crippen molar-refractivity contribution in [1.82, 2.24) is 4.57 Å². The molecule has 1 aromatic heterocycles. The molecule has 1 heterocycles. The Balaban J connectivity index is 2.15. The molecule has 0 N–H and O–H groups in total. The Morgan fingerprint density at radius 2 is 1.83 bits per heavy atom. The second-order valence-electron chi connectivity index (χ2n) is 5.48. The summed E-state index contributed by atoms with van der Waals surface area (Å²) in [7, 11) is 0. The van der Waals surface area contributed by atoms with Crippen LogP contribution in [0.3, 0.4) is 0 Å². The monoisotopic (exact) mass is 324 g/mol. The van der Waals surface area contributed by atoms with Crippen LogP contribution in [-0.2, 0) is 0 Å². The number of halogens is 1. The molecular formula is C19H17FN2O2. The van der Waals surface area contributed by atoms with Crippen LogP contribution in [-0.4, -0.2) is 22.9 Å². The maximum absolute atomic E-state index is 13.6. The van der Waals surface area contributed by atoms with Gasteiger partial charge in [0.25, 0.3) is 5.91 Å². The average Bonchev–Trinajstić information content (AvgIpc) is 2.95. The number of nitrogens with zero attached hydrogens (tertiary/aromatic N) is 2. The third-order valence-electron chi connectivity index (χ3n) is 3.97. The maximum atomic E-state index is 13.6. The van der Waals surface area contributed by atoms with Gasteiger partial charge in [-0.3, -0.25) is 14.2 Å². The Labute approximate surface area is 139 Å². The van der Waals surface area contributed by atoms with E-state index in [4.69, 9.17) is 0 Å². The van der Waals surface area contributed by atoms with Gasteiger partial charge in [-0.25, -0.2) is 4.39 Å². The van der Waals surface area contributed by atoms with Crippen LogP contribution in [0.15, 0.2) is 54.7 Å². The number of benzene rings is 2. The van der Waals surface area contributed by atoms with E-state index in [0.717, 1.165) is 5.69 Å². The van der Waals surface area contributed by atoms with E-state index in [1.807, 2.05) is 37.3 Å². The molecule has 0 saturated heterocycles. The first-order chi connectivity index (χ1) is 11.5. The Morgan fingerprint density at radius 3 is 2.46 bits per heavy atom. The predicted molar refractivity (Wildman–Crippen MR) is 92.0 cm³/mol. The van der Waals surface area contributed by atoms with Crippen molar-refractivity contribution < 1.29 is 14.0 Å². The lowest BCUT2D eigenvalue weighted by molar-refractivity contribution is 0.0941. The molecule has 0 spiro atoms. The molecule has 1 amide bonds. The third kappa shape index (κ3) is 2.69. The quantitative estimate of drug-likeness (QED) is 0.728. The highest BCUT2D eigenvalue weighted by molar-refractivity contribution is 6.15. The van der Waals surface area contributed by atoms with E-state index < -0.39 is 5.82 Å². The molecule has 3 aromatic rings. The fraction of sp³-hybridized carbons (Fsp3) is 0.158. The zero-order valence-electron chi connectivity index (χ0n) is 13.5. The summed E-state index contributed by atoms with van der Waals surface area (Å²) in [5.74, 6) is -0.940. The summed E-state index contributed by atoms with van der Waals surface area (Å²) in [6.45, 7) is 3.75. The minimum absolute atomic E-state index is 0.222. The first-order valence-electron chi connectivity index (χ1n) is 7.71. The van der Waals surface area contributed by atoms with Crippen molar-refractivity contribution in [3.63, 3.8) is 0 Å². The Morgan fingerprint density at radius 1 is 1.12 bits per heavy atom. The summed E-state index contributed by atoms with van der Waals surface area (Å²) in [4.78, 5) is 26.5. The molecule has 0 aliphatic heterocycles. The van der Waals surface area contributed by atoms with Gasteiger partial charge < -0.3 is 4.90 Å². The summed E-state index contributed by atoms with van der Waals surface area (Å²) < 4.78 is 14.9. The van der Waals surface area contributed by atoms with Gasteiger partial charge in [-0.2, -0.15) is 0 Å². The average molecular weight is 324 g/mol. The van der Waals surface area contributed by atoms with Crippen molar-refractivity contribution in [1.29, 1.82) is 0 Å². The molecule has 5 heteroatoms. The number of rotatable bonds is 3. The Bertz CT molecular complexity index is 916. The van der Waals surface area contributed by atoms with E-state index in [2.05, 4.69) is 0 Å². The number of aromatic nitrogens is 1. The number of carbonyl (C=O) groups is 2. The molecule has 0 bridgehead atoms. The number of carbonyl (C=O) groups excluding carboxylic acids is 2. The van der Waals surface area contributed by atoms with Crippen molar-refractivity contribution in [2.75, 3.05) is 11.4 Å². The van der Waals surface area contributed by atoms with E-state index in [-0.39, 0.29) is 11.8 Å². The van der Waals surface area contributed by atoms with E-state index in [1.165, 1.54) is 35.9 Å². The number of anilines is 1. The van der Waals surface area contributed by atoms with Crippen LogP contribution in [0.25, 0.3) is 10.9 Å². The number of para-hydroxylation sites is 1. The summed E-state index contributed by atoms with van der Waals surface area (Å²) in [6.07, 6.45) is 1.49. The molecule has 0 aliphatic carbocycles. The first kappa shape index (κ1) is 15.9. The molecule has 0 fully saturated rings. The van der Waals surface area contributed by atoms with Crippen molar-refractivity contribution in [2.24, 2.45) is 0 Å². The van der Waals surface area contributed by atoms with Gasteiger partial charge in [0.05, 0.1) is 11.1 Å². The number of hydrogen-bond donors (Lipinski definition) is 0. The molecule has 24 heavy (non-hydrogen) atoms. The van der Waals surface area contributed by atoms with Crippen molar-refractivity contribution in [3.8, 4) is 0 Å². The van der Waals surface area contributed by atoms with Crippen LogP contribution in [0.1, 0.15) is 29.0 Å². The summed E-state index contributed by atoms with van der Waals surface area (Å²) >= 11 is 0. The molecule has 0 radical (unpaired) electrons. The Kier molecular flexibility index (Phi) is 4.16. The highest BCUT2D eigenvalue weighted by Gasteiger charge is 2.22. The molecule has 4 nitrogen and oxygen atoms in total. The molecule has 0 unspecified atom stereocenters. The molecule has 0 aliphatic rings. The molecule has 0 atom stereocenters. The first-order valence-corrected chi connectivity index (χ1v) is 7.71. The predicted octanol–water partition coefficient (Wildman–Crippen LogP) is 4.11. The topological polar surface area (TPSA) is 42.3 Å². The Hall–Kier alpha value is -2.95. The van der Waals surface area contributed by atoms with Crippen LogP contribution in [0.2, 0.25) is 0 Å². The fourth-order valence-corrected chi connectivity index (χ4v) is 2.83. The van der Waals surface area contributed by atoms with Crippen LogP contribution in [0.4, 0.5) is 10.1 Å². The van der Waals surface area contributed by atoms with Crippen molar-refractivity contribution in [3.05, 3.63) is 66.1 Å². The van der Waals surface area contributed by atoms with Gasteiger partial charge in [0, 0.05) is 30.7 Å². The van der Waals surface area contributed by atoms with Crippen LogP contribution in [0, 0.1) is 5.82 Å². The van der Waals surface area contributed by atoms with Gasteiger partial charge in [0.1, 0.15) is 5.82 Å². The number of fused-ring (bicyclic) bond motifs is 1. The minimum Gasteiger partial charge on any atom is -0.309 e. The molecule has 2 aromatic carbocycles. The lowest BCUT2D eigenvalue weighted by Gasteiger charge is -2.20. The van der Waals surface area contributed by atoms with E-state index in [9.17, 15) is 14.0 Å². The molecule has 3 rings (SSSR count). The maximum Gasteiger partial charge on any atom is 0.260 e. The standard InChI is InChI=1S/C19H17FN2O2/c1-3-21(15-7-5-4-6-8-15)19(24)17-12-22(13(2)23)18-11-14(20)9-10-16(17)18/h4-12H,3H2,1-2H3. The summed E-state index contributed by atoms with van der Waals surface area (Å²) in [5, 5.41) is 0.561. The zero-order chi connectivity index (χ0) is 17.3. The van der Waals surface area contributed by atoms with Gasteiger partial charge >= 0.3 is 0 Å². The van der Waals surface area contributed by atoms with Gasteiger partial charge in [-0.05, 0) is 37.3 Å². The normalized spacial score (nSPS) is 10.8. The second-order valence-corrected chi connectivity index (χ2v) is 5.48. The summed E-state index contributed by atoms with van der Waals surface area (Å²) in [6, 6.07) is 13.4. The highest BCUT2D eigenvalue weighted by atomic mass is 19.1. The number of amides is 1. The fourth-order valence-electron chi connectivity index (χ4n) is 2.83. The number of hydrogen-bond acceptors (Lipinski definition) is 2. The van der Waals surface area contributed by atoms with Crippen molar-refractivity contribution in [2.45, 2.75) is 13.8 Å². The van der Waals surface area contributed by atoms with Gasteiger partial charge in [0.2, 0.25) is 5.91 Å². The highest BCUT2D eigenvalue weighted by Crippen LogP contribution is 2.26. The van der Waals surface area contributed by atoms with E-state index in [0.29, 0.717) is 23.0 Å². The van der Waals surface area contributed by atoms with Crippen LogP contribution >= 0.6 is 0 Å². The molecule has 122 valence electrons. The minimum atomic E-state index is -0.447.